The molecule has 10 heavy (non-hydrogen) atoms. The quantitative estimate of drug-likeness (QED) is 0.545. The van der Waals surface area contributed by atoms with E-state index in [1.165, 1.54) is 5.57 Å². The molecule has 1 heteroatoms. The third kappa shape index (κ3) is 4.33. The van der Waals surface area contributed by atoms with Gasteiger partial charge in [0.1, 0.15) is 0 Å². The fraction of sp³-hybridized carbons (Fsp3) is 0.556. The highest BCUT2D eigenvalue weighted by atomic mass is 16.5. The fourth-order valence-electron chi connectivity index (χ4n) is 0.664. The molecule has 0 amide bonds. The second-order valence-electron chi connectivity index (χ2n) is 2.11. The highest BCUT2D eigenvalue weighted by Gasteiger charge is 1.85. The first-order chi connectivity index (χ1) is 4.85. The van der Waals surface area contributed by atoms with Crippen molar-refractivity contribution in [1.82, 2.24) is 0 Å². The molecule has 0 aromatic carbocycles. The maximum absolute atomic E-state index is 4.97. The van der Waals surface area contributed by atoms with Gasteiger partial charge in [-0.15, -0.1) is 0 Å². The summed E-state index contributed by atoms with van der Waals surface area (Å²) in [6, 6.07) is 0. The van der Waals surface area contributed by atoms with Gasteiger partial charge in [0.2, 0.25) is 0 Å². The van der Waals surface area contributed by atoms with Crippen molar-refractivity contribution in [2.75, 3.05) is 13.7 Å². The number of methoxy groups -OCH3 is 1. The van der Waals surface area contributed by atoms with Crippen molar-refractivity contribution >= 4 is 0 Å². The van der Waals surface area contributed by atoms with E-state index in [4.69, 9.17) is 4.74 Å². The molecule has 0 bridgehead atoms. The van der Waals surface area contributed by atoms with Crippen LogP contribution in [0.2, 0.25) is 0 Å². The number of allylic oxidation sites excluding steroid dienone is 2. The van der Waals surface area contributed by atoms with Crippen molar-refractivity contribution in [2.45, 2.75) is 20.3 Å². The Morgan fingerprint density at radius 3 is 2.60 bits per heavy atom. The summed E-state index contributed by atoms with van der Waals surface area (Å²) < 4.78 is 4.97. The Hall–Kier alpha value is -0.560. The average molecular weight is 140 g/mol. The van der Waals surface area contributed by atoms with Gasteiger partial charge in [0.05, 0.1) is 6.61 Å². The van der Waals surface area contributed by atoms with E-state index in [9.17, 15) is 0 Å². The van der Waals surface area contributed by atoms with Crippen molar-refractivity contribution in [3.05, 3.63) is 23.8 Å². The van der Waals surface area contributed by atoms with Gasteiger partial charge < -0.3 is 4.74 Å². The zero-order chi connectivity index (χ0) is 7.82. The maximum atomic E-state index is 4.97. The van der Waals surface area contributed by atoms with E-state index in [1.807, 2.05) is 6.92 Å². The van der Waals surface area contributed by atoms with E-state index < -0.39 is 0 Å². The Bertz CT molecular complexity index is 123. The molecule has 0 rings (SSSR count). The van der Waals surface area contributed by atoms with Crippen LogP contribution in [-0.2, 0) is 4.74 Å². The Morgan fingerprint density at radius 1 is 1.50 bits per heavy atom. The molecular formula is C9H16O. The fourth-order valence-corrected chi connectivity index (χ4v) is 0.664. The van der Waals surface area contributed by atoms with Gasteiger partial charge in [0, 0.05) is 7.11 Å². The van der Waals surface area contributed by atoms with E-state index in [0.29, 0.717) is 6.61 Å². The van der Waals surface area contributed by atoms with E-state index in [0.717, 1.165) is 6.42 Å². The number of hydrogen-bond donors (Lipinski definition) is 0. The Balaban J connectivity index is 3.72. The molecule has 0 N–H and O–H groups in total. The van der Waals surface area contributed by atoms with Crippen molar-refractivity contribution in [2.24, 2.45) is 0 Å². The lowest BCUT2D eigenvalue weighted by atomic mass is 10.2. The summed E-state index contributed by atoms with van der Waals surface area (Å²) in [5.74, 6) is 0. The third-order valence-electron chi connectivity index (χ3n) is 1.25. The van der Waals surface area contributed by atoms with E-state index in [1.54, 1.807) is 7.11 Å². The van der Waals surface area contributed by atoms with Gasteiger partial charge in [-0.3, -0.25) is 0 Å². The van der Waals surface area contributed by atoms with Gasteiger partial charge in [0.25, 0.3) is 0 Å². The predicted octanol–water partition coefficient (Wildman–Crippen LogP) is 2.55. The zero-order valence-corrected chi connectivity index (χ0v) is 7.05. The Morgan fingerprint density at radius 2 is 2.20 bits per heavy atom. The minimum absolute atomic E-state index is 0.715. The maximum Gasteiger partial charge on any atom is 0.0709 e. The molecule has 0 spiro atoms. The Kier molecular flexibility index (Phi) is 6.19. The molecule has 0 fully saturated rings. The summed E-state index contributed by atoms with van der Waals surface area (Å²) in [7, 11) is 1.71. The molecule has 0 aliphatic carbocycles. The first kappa shape index (κ1) is 9.44. The van der Waals surface area contributed by atoms with Crippen LogP contribution in [0.25, 0.3) is 0 Å². The first-order valence-corrected chi connectivity index (χ1v) is 3.65. The van der Waals surface area contributed by atoms with Gasteiger partial charge in [-0.1, -0.05) is 25.2 Å². The van der Waals surface area contributed by atoms with E-state index in [2.05, 4.69) is 25.2 Å². The largest absolute Gasteiger partial charge is 0.380 e. The molecule has 0 unspecified atom stereocenters. The molecule has 0 radical (unpaired) electrons. The third-order valence-corrected chi connectivity index (χ3v) is 1.25. The van der Waals surface area contributed by atoms with Crippen LogP contribution in [0.1, 0.15) is 20.3 Å². The van der Waals surface area contributed by atoms with Crippen LogP contribution < -0.4 is 0 Å². The van der Waals surface area contributed by atoms with Crippen molar-refractivity contribution in [1.29, 1.82) is 0 Å². The van der Waals surface area contributed by atoms with Gasteiger partial charge in [-0.2, -0.15) is 0 Å². The molecule has 58 valence electrons. The normalized spacial score (nSPS) is 12.9. The highest BCUT2D eigenvalue weighted by molar-refractivity contribution is 5.17. The summed E-state index contributed by atoms with van der Waals surface area (Å²) in [6.45, 7) is 4.86. The molecule has 0 heterocycles. The molecule has 0 saturated carbocycles. The van der Waals surface area contributed by atoms with Crippen LogP contribution in [0.3, 0.4) is 0 Å². The van der Waals surface area contributed by atoms with Crippen LogP contribution in [0.4, 0.5) is 0 Å². The summed E-state index contributed by atoms with van der Waals surface area (Å²) >= 11 is 0. The lowest BCUT2D eigenvalue weighted by Crippen LogP contribution is -1.89. The summed E-state index contributed by atoms with van der Waals surface area (Å²) in [5, 5.41) is 0. The van der Waals surface area contributed by atoms with Crippen LogP contribution in [0.15, 0.2) is 23.8 Å². The predicted molar refractivity (Wildman–Crippen MR) is 45.1 cm³/mol. The number of hydrogen-bond acceptors (Lipinski definition) is 1. The van der Waals surface area contributed by atoms with Crippen LogP contribution in [0, 0.1) is 0 Å². The van der Waals surface area contributed by atoms with Gasteiger partial charge in [-0.05, 0) is 18.9 Å². The highest BCUT2D eigenvalue weighted by Crippen LogP contribution is 1.97. The number of ether oxygens (including phenoxy) is 1. The molecule has 0 saturated heterocycles. The zero-order valence-electron chi connectivity index (χ0n) is 7.05. The molecule has 0 aliphatic heterocycles. The van der Waals surface area contributed by atoms with Crippen LogP contribution >= 0.6 is 0 Å². The van der Waals surface area contributed by atoms with Crippen molar-refractivity contribution in [3.63, 3.8) is 0 Å². The summed E-state index contributed by atoms with van der Waals surface area (Å²) in [4.78, 5) is 0. The van der Waals surface area contributed by atoms with Gasteiger partial charge in [0.15, 0.2) is 0 Å². The van der Waals surface area contributed by atoms with E-state index in [-0.39, 0.29) is 0 Å². The second kappa shape index (κ2) is 6.56. The van der Waals surface area contributed by atoms with Crippen LogP contribution in [-0.4, -0.2) is 13.7 Å². The van der Waals surface area contributed by atoms with Gasteiger partial charge in [-0.25, -0.2) is 0 Å². The molecule has 0 aromatic rings. The molecule has 1 nitrogen and oxygen atoms in total. The molecular weight excluding hydrogens is 124 g/mol. The van der Waals surface area contributed by atoms with Crippen LogP contribution in [0.5, 0.6) is 0 Å². The standard InChI is InChI=1S/C9H16O/c1-4-6-7-9(5-2)8-10-3/h5-7H,4,8H2,1-3H3/b7-6-,9-5+. The Labute approximate surface area is 63.4 Å². The minimum atomic E-state index is 0.715. The summed E-state index contributed by atoms with van der Waals surface area (Å²) in [6.07, 6.45) is 7.38. The summed E-state index contributed by atoms with van der Waals surface area (Å²) in [5.41, 5.74) is 1.24. The second-order valence-corrected chi connectivity index (χ2v) is 2.11. The topological polar surface area (TPSA) is 9.23 Å². The monoisotopic (exact) mass is 140 g/mol. The lowest BCUT2D eigenvalue weighted by molar-refractivity contribution is 0.228. The minimum Gasteiger partial charge on any atom is -0.380 e. The SMILES string of the molecule is C/C=C(\C=C/CC)COC. The lowest BCUT2D eigenvalue weighted by Gasteiger charge is -1.97. The molecule has 0 atom stereocenters. The van der Waals surface area contributed by atoms with Crippen molar-refractivity contribution < 1.29 is 4.74 Å². The molecule has 0 aromatic heterocycles. The molecule has 0 aliphatic rings. The first-order valence-electron chi connectivity index (χ1n) is 3.65. The average Bonchev–Trinajstić information content (AvgIpc) is 1.98. The van der Waals surface area contributed by atoms with Crippen molar-refractivity contribution in [3.8, 4) is 0 Å². The number of rotatable bonds is 4. The van der Waals surface area contributed by atoms with Gasteiger partial charge >= 0.3 is 0 Å². The van der Waals surface area contributed by atoms with E-state index >= 15 is 0 Å². The smallest absolute Gasteiger partial charge is 0.0709 e.